The second kappa shape index (κ2) is 8.61. The summed E-state index contributed by atoms with van der Waals surface area (Å²) in [6.07, 6.45) is 1.69. The molecule has 2 aromatic rings. The van der Waals surface area contributed by atoms with Crippen LogP contribution >= 0.6 is 0 Å². The van der Waals surface area contributed by atoms with Gasteiger partial charge in [-0.1, -0.05) is 74.0 Å². The summed E-state index contributed by atoms with van der Waals surface area (Å²) in [5.41, 5.74) is 1.35. The van der Waals surface area contributed by atoms with Gasteiger partial charge in [-0.2, -0.15) is 0 Å². The molecular weight excluding hydrogens is 310 g/mol. The molecule has 0 unspecified atom stereocenters. The topological polar surface area (TPSA) is 32.7 Å². The monoisotopic (exact) mass is 339 g/mol. The van der Waals surface area contributed by atoms with Crippen LogP contribution in [0, 0.1) is 0 Å². The van der Waals surface area contributed by atoms with Crippen LogP contribution in [0.4, 0.5) is 0 Å². The molecule has 1 fully saturated rings. The molecule has 3 heteroatoms. The Morgan fingerprint density at radius 2 is 1.60 bits per heavy atom. The Balaban J connectivity index is 1.97. The Bertz CT molecular complexity index is 625. The van der Waals surface area contributed by atoms with Crippen molar-refractivity contribution in [3.63, 3.8) is 0 Å². The van der Waals surface area contributed by atoms with E-state index in [4.69, 9.17) is 4.74 Å². The zero-order valence-corrected chi connectivity index (χ0v) is 15.1. The van der Waals surface area contributed by atoms with Crippen LogP contribution in [0.15, 0.2) is 60.7 Å². The van der Waals surface area contributed by atoms with Gasteiger partial charge in [0.05, 0.1) is 18.8 Å². The van der Waals surface area contributed by atoms with Gasteiger partial charge in [-0.3, -0.25) is 4.90 Å². The van der Waals surface area contributed by atoms with Crippen LogP contribution in [0.2, 0.25) is 0 Å². The van der Waals surface area contributed by atoms with Crippen LogP contribution in [0.3, 0.4) is 0 Å². The third-order valence-corrected chi connectivity index (χ3v) is 5.23. The predicted molar refractivity (Wildman–Crippen MR) is 102 cm³/mol. The molecule has 1 N–H and O–H groups in total. The minimum Gasteiger partial charge on any atom is -0.384 e. The summed E-state index contributed by atoms with van der Waals surface area (Å²) in [7, 11) is 0. The Morgan fingerprint density at radius 1 is 1.00 bits per heavy atom. The van der Waals surface area contributed by atoms with Gasteiger partial charge in [0.1, 0.15) is 0 Å². The van der Waals surface area contributed by atoms with E-state index in [0.29, 0.717) is 0 Å². The summed E-state index contributed by atoms with van der Waals surface area (Å²) in [4.78, 5) is 2.42. The Morgan fingerprint density at radius 3 is 2.20 bits per heavy atom. The molecule has 1 heterocycles. The van der Waals surface area contributed by atoms with Crippen molar-refractivity contribution in [3.05, 3.63) is 71.8 Å². The van der Waals surface area contributed by atoms with Crippen LogP contribution in [0.25, 0.3) is 0 Å². The summed E-state index contributed by atoms with van der Waals surface area (Å²) >= 11 is 0. The average molecular weight is 339 g/mol. The first kappa shape index (κ1) is 18.1. The van der Waals surface area contributed by atoms with Crippen molar-refractivity contribution in [2.45, 2.75) is 31.3 Å². The lowest BCUT2D eigenvalue weighted by atomic mass is 9.74. The van der Waals surface area contributed by atoms with Gasteiger partial charge in [-0.05, 0) is 17.5 Å². The van der Waals surface area contributed by atoms with Crippen LogP contribution < -0.4 is 0 Å². The lowest BCUT2D eigenvalue weighted by Crippen LogP contribution is -2.45. The SMILES string of the molecule is CCC[C@](O)(c1ccccc1)[C@@H](CN1CCOCC1)c1ccccc1. The summed E-state index contributed by atoms with van der Waals surface area (Å²) in [5.74, 6) is 0.0362. The van der Waals surface area contributed by atoms with E-state index < -0.39 is 5.60 Å². The lowest BCUT2D eigenvalue weighted by molar-refractivity contribution is -0.0285. The van der Waals surface area contributed by atoms with Crippen molar-refractivity contribution in [1.29, 1.82) is 0 Å². The number of ether oxygens (including phenoxy) is 1. The molecule has 0 saturated carbocycles. The van der Waals surface area contributed by atoms with Gasteiger partial charge in [-0.15, -0.1) is 0 Å². The highest BCUT2D eigenvalue weighted by Crippen LogP contribution is 2.41. The minimum atomic E-state index is -0.865. The standard InChI is InChI=1S/C22H29NO2/c1-2-13-22(24,20-11-7-4-8-12-20)21(19-9-5-3-6-10-19)18-23-14-16-25-17-15-23/h3-12,21,24H,2,13-18H2,1H3/t21-,22-/m0/s1. The van der Waals surface area contributed by atoms with Gasteiger partial charge < -0.3 is 9.84 Å². The zero-order valence-electron chi connectivity index (χ0n) is 15.1. The van der Waals surface area contributed by atoms with Gasteiger partial charge in [-0.25, -0.2) is 0 Å². The number of hydrogen-bond donors (Lipinski definition) is 1. The van der Waals surface area contributed by atoms with Gasteiger partial charge in [0.25, 0.3) is 0 Å². The fourth-order valence-corrected chi connectivity index (χ4v) is 3.89. The number of benzene rings is 2. The van der Waals surface area contributed by atoms with Gasteiger partial charge >= 0.3 is 0 Å². The highest BCUT2D eigenvalue weighted by atomic mass is 16.5. The summed E-state index contributed by atoms with van der Waals surface area (Å²) in [6.45, 7) is 6.40. The maximum Gasteiger partial charge on any atom is 0.0976 e. The van der Waals surface area contributed by atoms with E-state index in [1.165, 1.54) is 5.56 Å². The fraction of sp³-hybridized carbons (Fsp3) is 0.455. The van der Waals surface area contributed by atoms with Crippen molar-refractivity contribution in [1.82, 2.24) is 4.90 Å². The molecule has 3 nitrogen and oxygen atoms in total. The number of rotatable bonds is 7. The second-order valence-corrected chi connectivity index (χ2v) is 6.92. The Labute approximate surface area is 151 Å². The first-order valence-electron chi connectivity index (χ1n) is 9.37. The van der Waals surface area contributed by atoms with E-state index >= 15 is 0 Å². The van der Waals surface area contributed by atoms with E-state index in [1.54, 1.807) is 0 Å². The van der Waals surface area contributed by atoms with Gasteiger partial charge in [0.2, 0.25) is 0 Å². The van der Waals surface area contributed by atoms with Crippen molar-refractivity contribution >= 4 is 0 Å². The predicted octanol–water partition coefficient (Wildman–Crippen LogP) is 3.79. The largest absolute Gasteiger partial charge is 0.384 e. The quantitative estimate of drug-likeness (QED) is 0.833. The molecule has 0 spiro atoms. The van der Waals surface area contributed by atoms with Crippen LogP contribution in [-0.4, -0.2) is 42.9 Å². The maximum atomic E-state index is 11.9. The van der Waals surface area contributed by atoms with Crippen molar-refractivity contribution < 1.29 is 9.84 Å². The highest BCUT2D eigenvalue weighted by Gasteiger charge is 2.39. The van der Waals surface area contributed by atoms with Gasteiger partial charge in [0, 0.05) is 25.6 Å². The first-order chi connectivity index (χ1) is 12.2. The molecule has 1 aliphatic heterocycles. The maximum absolute atomic E-state index is 11.9. The summed E-state index contributed by atoms with van der Waals surface area (Å²) in [6, 6.07) is 20.6. The van der Waals surface area contributed by atoms with Crippen LogP contribution in [-0.2, 0) is 10.3 Å². The smallest absolute Gasteiger partial charge is 0.0976 e. The molecule has 1 aliphatic rings. The zero-order chi connectivity index (χ0) is 17.5. The molecule has 3 rings (SSSR count). The van der Waals surface area contributed by atoms with E-state index in [1.807, 2.05) is 24.3 Å². The van der Waals surface area contributed by atoms with E-state index in [0.717, 1.165) is 51.3 Å². The first-order valence-corrected chi connectivity index (χ1v) is 9.37. The average Bonchev–Trinajstić information content (AvgIpc) is 2.68. The molecule has 0 aliphatic carbocycles. The number of hydrogen-bond acceptors (Lipinski definition) is 3. The van der Waals surface area contributed by atoms with Crippen molar-refractivity contribution in [2.75, 3.05) is 32.8 Å². The normalized spacial score (nSPS) is 19.3. The van der Waals surface area contributed by atoms with Crippen molar-refractivity contribution in [2.24, 2.45) is 0 Å². The molecule has 0 aromatic heterocycles. The number of nitrogens with zero attached hydrogens (tertiary/aromatic N) is 1. The summed E-state index contributed by atoms with van der Waals surface area (Å²) in [5, 5.41) is 11.9. The molecule has 0 bridgehead atoms. The Hall–Kier alpha value is -1.68. The van der Waals surface area contributed by atoms with Crippen LogP contribution in [0.1, 0.15) is 36.8 Å². The molecule has 25 heavy (non-hydrogen) atoms. The van der Waals surface area contributed by atoms with Crippen LogP contribution in [0.5, 0.6) is 0 Å². The third kappa shape index (κ3) is 4.30. The molecule has 2 atom stereocenters. The minimum absolute atomic E-state index is 0.0362. The molecule has 0 amide bonds. The van der Waals surface area contributed by atoms with Crippen molar-refractivity contribution in [3.8, 4) is 0 Å². The molecule has 0 radical (unpaired) electrons. The van der Waals surface area contributed by atoms with Gasteiger partial charge in [0.15, 0.2) is 0 Å². The highest BCUT2D eigenvalue weighted by molar-refractivity contribution is 5.31. The number of morpholine rings is 1. The Kier molecular flexibility index (Phi) is 6.24. The lowest BCUT2D eigenvalue weighted by Gasteiger charge is -2.41. The molecule has 1 saturated heterocycles. The van der Waals surface area contributed by atoms with E-state index in [-0.39, 0.29) is 5.92 Å². The molecule has 2 aromatic carbocycles. The molecule has 134 valence electrons. The second-order valence-electron chi connectivity index (χ2n) is 6.92. The molecular formula is C22H29NO2. The fourth-order valence-electron chi connectivity index (χ4n) is 3.89. The third-order valence-electron chi connectivity index (χ3n) is 5.23. The summed E-state index contributed by atoms with van der Waals surface area (Å²) < 4.78 is 5.50. The van der Waals surface area contributed by atoms with E-state index in [9.17, 15) is 5.11 Å². The number of aliphatic hydroxyl groups is 1. The van der Waals surface area contributed by atoms with E-state index in [2.05, 4.69) is 48.2 Å².